The SMILES string of the molecule is Clc1ccccc1CNc1cccc(-n2cccn2)c1. The van der Waals surface area contributed by atoms with E-state index in [-0.39, 0.29) is 0 Å². The molecule has 1 N–H and O–H groups in total. The number of benzene rings is 2. The summed E-state index contributed by atoms with van der Waals surface area (Å²) in [6.45, 7) is 0.697. The molecule has 20 heavy (non-hydrogen) atoms. The van der Waals surface area contributed by atoms with Crippen molar-refractivity contribution in [2.24, 2.45) is 0 Å². The van der Waals surface area contributed by atoms with Gasteiger partial charge in [-0.1, -0.05) is 35.9 Å². The fourth-order valence-corrected chi connectivity index (χ4v) is 2.22. The van der Waals surface area contributed by atoms with Gasteiger partial charge in [0, 0.05) is 29.6 Å². The maximum atomic E-state index is 6.15. The van der Waals surface area contributed by atoms with Gasteiger partial charge in [-0.05, 0) is 35.9 Å². The zero-order valence-electron chi connectivity index (χ0n) is 10.8. The average Bonchev–Trinajstić information content (AvgIpc) is 3.01. The van der Waals surface area contributed by atoms with E-state index in [4.69, 9.17) is 11.6 Å². The molecule has 3 nitrogen and oxygen atoms in total. The molecule has 3 rings (SSSR count). The lowest BCUT2D eigenvalue weighted by atomic mass is 10.2. The van der Waals surface area contributed by atoms with Crippen molar-refractivity contribution in [3.8, 4) is 5.69 Å². The summed E-state index contributed by atoms with van der Waals surface area (Å²) in [6, 6.07) is 17.9. The molecule has 0 saturated carbocycles. The number of aromatic nitrogens is 2. The Balaban J connectivity index is 1.75. The summed E-state index contributed by atoms with van der Waals surface area (Å²) in [5.74, 6) is 0. The van der Waals surface area contributed by atoms with Crippen molar-refractivity contribution in [2.45, 2.75) is 6.54 Å². The third-order valence-corrected chi connectivity index (χ3v) is 3.42. The van der Waals surface area contributed by atoms with Gasteiger partial charge < -0.3 is 5.32 Å². The van der Waals surface area contributed by atoms with Crippen molar-refractivity contribution in [3.05, 3.63) is 77.6 Å². The normalized spacial score (nSPS) is 10.4. The summed E-state index contributed by atoms with van der Waals surface area (Å²) in [4.78, 5) is 0. The predicted octanol–water partition coefficient (Wildman–Crippen LogP) is 4.14. The number of nitrogens with one attached hydrogen (secondary N) is 1. The molecule has 2 aromatic carbocycles. The number of hydrogen-bond donors (Lipinski definition) is 1. The zero-order chi connectivity index (χ0) is 13.8. The summed E-state index contributed by atoms with van der Waals surface area (Å²) in [6.07, 6.45) is 3.69. The van der Waals surface area contributed by atoms with E-state index in [1.807, 2.05) is 59.4 Å². The van der Waals surface area contributed by atoms with Gasteiger partial charge in [0.2, 0.25) is 0 Å². The minimum Gasteiger partial charge on any atom is -0.381 e. The van der Waals surface area contributed by atoms with Crippen LogP contribution in [0.15, 0.2) is 67.0 Å². The Hall–Kier alpha value is -2.26. The van der Waals surface area contributed by atoms with Crippen molar-refractivity contribution in [1.29, 1.82) is 0 Å². The number of halogens is 1. The molecule has 0 spiro atoms. The Bertz CT molecular complexity index is 692. The average molecular weight is 284 g/mol. The summed E-state index contributed by atoms with van der Waals surface area (Å²) < 4.78 is 1.83. The van der Waals surface area contributed by atoms with E-state index in [0.29, 0.717) is 6.54 Å². The van der Waals surface area contributed by atoms with Crippen molar-refractivity contribution in [2.75, 3.05) is 5.32 Å². The summed E-state index contributed by atoms with van der Waals surface area (Å²) >= 11 is 6.15. The highest BCUT2D eigenvalue weighted by atomic mass is 35.5. The second kappa shape index (κ2) is 5.80. The van der Waals surface area contributed by atoms with Crippen molar-refractivity contribution >= 4 is 17.3 Å². The third-order valence-electron chi connectivity index (χ3n) is 3.06. The van der Waals surface area contributed by atoms with Crippen molar-refractivity contribution in [1.82, 2.24) is 9.78 Å². The number of anilines is 1. The molecule has 0 atom stereocenters. The van der Waals surface area contributed by atoms with E-state index in [0.717, 1.165) is 22.0 Å². The Labute approximate surface area is 122 Å². The van der Waals surface area contributed by atoms with E-state index in [9.17, 15) is 0 Å². The molecule has 1 heterocycles. The molecule has 0 aliphatic carbocycles. The lowest BCUT2D eigenvalue weighted by Gasteiger charge is -2.09. The minimum atomic E-state index is 0.697. The summed E-state index contributed by atoms with van der Waals surface area (Å²) in [5, 5.41) is 8.39. The maximum absolute atomic E-state index is 6.15. The summed E-state index contributed by atoms with van der Waals surface area (Å²) in [5.41, 5.74) is 3.15. The van der Waals surface area contributed by atoms with Crippen molar-refractivity contribution in [3.63, 3.8) is 0 Å². The number of rotatable bonds is 4. The van der Waals surface area contributed by atoms with Crippen LogP contribution in [-0.4, -0.2) is 9.78 Å². The van der Waals surface area contributed by atoms with Crippen LogP contribution in [0.1, 0.15) is 5.56 Å². The highest BCUT2D eigenvalue weighted by molar-refractivity contribution is 6.31. The topological polar surface area (TPSA) is 29.9 Å². The first kappa shape index (κ1) is 12.8. The summed E-state index contributed by atoms with van der Waals surface area (Å²) in [7, 11) is 0. The number of hydrogen-bond acceptors (Lipinski definition) is 2. The van der Waals surface area contributed by atoms with Crippen LogP contribution in [0, 0.1) is 0 Å². The van der Waals surface area contributed by atoms with E-state index < -0.39 is 0 Å². The van der Waals surface area contributed by atoms with Crippen LogP contribution < -0.4 is 5.32 Å². The van der Waals surface area contributed by atoms with Crippen molar-refractivity contribution < 1.29 is 0 Å². The quantitative estimate of drug-likeness (QED) is 0.780. The molecular formula is C16H14ClN3. The first-order valence-corrected chi connectivity index (χ1v) is 6.78. The Morgan fingerprint density at radius 2 is 1.95 bits per heavy atom. The van der Waals surface area contributed by atoms with Gasteiger partial charge in [-0.15, -0.1) is 0 Å². The molecule has 1 aromatic heterocycles. The predicted molar refractivity (Wildman–Crippen MR) is 82.3 cm³/mol. The van der Waals surface area contributed by atoms with E-state index in [1.54, 1.807) is 6.20 Å². The van der Waals surface area contributed by atoms with Crippen LogP contribution in [-0.2, 0) is 6.54 Å². The highest BCUT2D eigenvalue weighted by Gasteiger charge is 2.01. The van der Waals surface area contributed by atoms with Crippen LogP contribution in [0.2, 0.25) is 5.02 Å². The van der Waals surface area contributed by atoms with Gasteiger partial charge in [0.1, 0.15) is 0 Å². The molecule has 3 aromatic rings. The Morgan fingerprint density at radius 1 is 1.05 bits per heavy atom. The molecule has 0 aliphatic heterocycles. The van der Waals surface area contributed by atoms with Crippen LogP contribution in [0.5, 0.6) is 0 Å². The lowest BCUT2D eigenvalue weighted by molar-refractivity contribution is 0.880. The van der Waals surface area contributed by atoms with Gasteiger partial charge in [0.05, 0.1) is 5.69 Å². The van der Waals surface area contributed by atoms with Gasteiger partial charge in [-0.3, -0.25) is 0 Å². The van der Waals surface area contributed by atoms with Gasteiger partial charge in [-0.25, -0.2) is 4.68 Å². The van der Waals surface area contributed by atoms with E-state index >= 15 is 0 Å². The minimum absolute atomic E-state index is 0.697. The fraction of sp³-hybridized carbons (Fsp3) is 0.0625. The lowest BCUT2D eigenvalue weighted by Crippen LogP contribution is -2.01. The third kappa shape index (κ3) is 2.83. The molecule has 0 fully saturated rings. The van der Waals surface area contributed by atoms with Crippen LogP contribution >= 0.6 is 11.6 Å². The first-order valence-electron chi connectivity index (χ1n) is 6.40. The van der Waals surface area contributed by atoms with Crippen LogP contribution in [0.25, 0.3) is 5.69 Å². The standard InChI is InChI=1S/C16H14ClN3/c17-16-8-2-1-5-13(16)12-18-14-6-3-7-15(11-14)20-10-4-9-19-20/h1-11,18H,12H2. The van der Waals surface area contributed by atoms with Gasteiger partial charge in [-0.2, -0.15) is 5.10 Å². The smallest absolute Gasteiger partial charge is 0.0666 e. The molecule has 0 radical (unpaired) electrons. The second-order valence-electron chi connectivity index (χ2n) is 4.45. The first-order chi connectivity index (χ1) is 9.83. The highest BCUT2D eigenvalue weighted by Crippen LogP contribution is 2.18. The van der Waals surface area contributed by atoms with E-state index in [1.165, 1.54) is 0 Å². The molecule has 0 aliphatic rings. The Kier molecular flexibility index (Phi) is 3.70. The molecule has 4 heteroatoms. The largest absolute Gasteiger partial charge is 0.381 e. The monoisotopic (exact) mass is 283 g/mol. The second-order valence-corrected chi connectivity index (χ2v) is 4.85. The molecule has 0 bridgehead atoms. The molecule has 100 valence electrons. The Morgan fingerprint density at radius 3 is 2.75 bits per heavy atom. The molecule has 0 saturated heterocycles. The van der Waals surface area contributed by atoms with Gasteiger partial charge in [0.25, 0.3) is 0 Å². The molecular weight excluding hydrogens is 270 g/mol. The van der Waals surface area contributed by atoms with Gasteiger partial charge >= 0.3 is 0 Å². The fourth-order valence-electron chi connectivity index (χ4n) is 2.02. The zero-order valence-corrected chi connectivity index (χ0v) is 11.6. The van der Waals surface area contributed by atoms with Crippen LogP contribution in [0.4, 0.5) is 5.69 Å². The van der Waals surface area contributed by atoms with Gasteiger partial charge in [0.15, 0.2) is 0 Å². The molecule has 0 amide bonds. The number of nitrogens with zero attached hydrogens (tertiary/aromatic N) is 2. The molecule has 0 unspecified atom stereocenters. The van der Waals surface area contributed by atoms with Crippen LogP contribution in [0.3, 0.4) is 0 Å². The van der Waals surface area contributed by atoms with E-state index in [2.05, 4.69) is 16.5 Å². The maximum Gasteiger partial charge on any atom is 0.0666 e.